The molecule has 1 aliphatic rings. The number of carbonyl (C=O) groups is 1. The molecule has 1 aromatic heterocycles. The third-order valence-corrected chi connectivity index (χ3v) is 3.49. The maximum absolute atomic E-state index is 12.1. The Bertz CT molecular complexity index is 476. The van der Waals surface area contributed by atoms with Crippen molar-refractivity contribution in [1.82, 2.24) is 4.98 Å². The molecule has 0 spiro atoms. The highest BCUT2D eigenvalue weighted by Gasteiger charge is 2.40. The fourth-order valence-electron chi connectivity index (χ4n) is 1.99. The van der Waals surface area contributed by atoms with E-state index in [4.69, 9.17) is 10.5 Å². The van der Waals surface area contributed by atoms with Crippen molar-refractivity contribution >= 4 is 27.7 Å². The molecule has 0 saturated heterocycles. The van der Waals surface area contributed by atoms with Crippen LogP contribution in [0.5, 0.6) is 5.75 Å². The van der Waals surface area contributed by atoms with Crippen LogP contribution in [0.25, 0.3) is 0 Å². The second-order valence-corrected chi connectivity index (χ2v) is 5.81. The van der Waals surface area contributed by atoms with E-state index in [0.717, 1.165) is 0 Å². The van der Waals surface area contributed by atoms with Crippen LogP contribution in [-0.4, -0.2) is 23.5 Å². The summed E-state index contributed by atoms with van der Waals surface area (Å²) in [6.07, 6.45) is 0.168. The number of halogens is 1. The Morgan fingerprint density at radius 3 is 2.94 bits per heavy atom. The Morgan fingerprint density at radius 1 is 1.56 bits per heavy atom. The van der Waals surface area contributed by atoms with E-state index in [2.05, 4.69) is 26.2 Å². The molecule has 0 aliphatic carbocycles. The first-order chi connectivity index (χ1) is 8.44. The van der Waals surface area contributed by atoms with Crippen LogP contribution in [-0.2, 0) is 4.79 Å². The van der Waals surface area contributed by atoms with Gasteiger partial charge in [0.25, 0.3) is 5.91 Å². The normalized spacial score (nSPS) is 18.9. The largest absolute Gasteiger partial charge is 0.476 e. The number of hydrogen-bond acceptors (Lipinski definition) is 4. The molecule has 1 aliphatic heterocycles. The van der Waals surface area contributed by atoms with Gasteiger partial charge in [0.2, 0.25) is 0 Å². The third kappa shape index (κ3) is 2.49. The second-order valence-electron chi connectivity index (χ2n) is 5.00. The number of rotatable bonds is 3. The van der Waals surface area contributed by atoms with Crippen molar-refractivity contribution in [2.45, 2.75) is 26.4 Å². The van der Waals surface area contributed by atoms with Crippen LogP contribution in [0.3, 0.4) is 0 Å². The minimum absolute atomic E-state index is 0.174. The summed E-state index contributed by atoms with van der Waals surface area (Å²) in [6.45, 7) is 4.47. The van der Waals surface area contributed by atoms with Crippen LogP contribution in [0, 0.1) is 5.41 Å². The van der Waals surface area contributed by atoms with Crippen LogP contribution in [0.15, 0.2) is 16.7 Å². The van der Waals surface area contributed by atoms with Gasteiger partial charge in [-0.1, -0.05) is 13.8 Å². The van der Waals surface area contributed by atoms with Crippen LogP contribution >= 0.6 is 15.9 Å². The summed E-state index contributed by atoms with van der Waals surface area (Å²) in [5.41, 5.74) is 5.26. The predicted octanol–water partition coefficient (Wildman–Crippen LogP) is 1.92. The van der Waals surface area contributed by atoms with Crippen LogP contribution in [0.4, 0.5) is 5.82 Å². The smallest absolute Gasteiger partial charge is 0.267 e. The van der Waals surface area contributed by atoms with Gasteiger partial charge < -0.3 is 15.8 Å². The molecular weight excluding hydrogens is 298 g/mol. The van der Waals surface area contributed by atoms with Crippen molar-refractivity contribution < 1.29 is 9.53 Å². The Labute approximate surface area is 114 Å². The third-order valence-electron chi connectivity index (χ3n) is 3.05. The average Bonchev–Trinajstić information content (AvgIpc) is 2.27. The van der Waals surface area contributed by atoms with E-state index in [0.29, 0.717) is 29.1 Å². The van der Waals surface area contributed by atoms with E-state index >= 15 is 0 Å². The van der Waals surface area contributed by atoms with E-state index in [1.807, 2.05) is 13.8 Å². The highest BCUT2D eigenvalue weighted by atomic mass is 79.9. The molecule has 0 fully saturated rings. The summed E-state index contributed by atoms with van der Waals surface area (Å²) in [6, 6.07) is 3.57. The number of ether oxygens (including phenoxy) is 1. The Balaban J connectivity index is 2.28. The number of nitrogens with one attached hydrogen (secondary N) is 1. The molecule has 5 nitrogen and oxygen atoms in total. The predicted molar refractivity (Wildman–Crippen MR) is 72.4 cm³/mol. The van der Waals surface area contributed by atoms with Crippen LogP contribution < -0.4 is 15.8 Å². The molecule has 2 rings (SSSR count). The van der Waals surface area contributed by atoms with Crippen molar-refractivity contribution in [2.24, 2.45) is 11.1 Å². The minimum Gasteiger partial charge on any atom is -0.476 e. The van der Waals surface area contributed by atoms with Crippen molar-refractivity contribution in [2.75, 3.05) is 11.9 Å². The number of hydrogen-bond donors (Lipinski definition) is 2. The number of pyridine rings is 1. The zero-order valence-corrected chi connectivity index (χ0v) is 12.0. The lowest BCUT2D eigenvalue weighted by Gasteiger charge is -2.36. The van der Waals surface area contributed by atoms with Crippen LogP contribution in [0.2, 0.25) is 0 Å². The topological polar surface area (TPSA) is 77.2 Å². The van der Waals surface area contributed by atoms with Gasteiger partial charge in [0.15, 0.2) is 17.7 Å². The number of nitrogens with two attached hydrogens (primary N) is 1. The first kappa shape index (κ1) is 13.3. The molecule has 3 N–H and O–H groups in total. The summed E-state index contributed by atoms with van der Waals surface area (Å²) in [7, 11) is 0. The van der Waals surface area contributed by atoms with Gasteiger partial charge in [-0.3, -0.25) is 4.79 Å². The zero-order chi connectivity index (χ0) is 13.3. The lowest BCUT2D eigenvalue weighted by atomic mass is 9.82. The highest BCUT2D eigenvalue weighted by Crippen LogP contribution is 2.36. The molecule has 0 aromatic carbocycles. The molecule has 1 unspecified atom stereocenters. The molecule has 2 heterocycles. The minimum atomic E-state index is -0.545. The molecule has 1 atom stereocenters. The molecular formula is C12H16BrN3O2. The molecule has 0 saturated carbocycles. The van der Waals surface area contributed by atoms with Crippen molar-refractivity contribution in [1.29, 1.82) is 0 Å². The number of anilines is 1. The molecule has 1 aromatic rings. The Kier molecular flexibility index (Phi) is 3.59. The monoisotopic (exact) mass is 313 g/mol. The number of carbonyl (C=O) groups excluding carboxylic acids is 1. The number of amides is 1. The van der Waals surface area contributed by atoms with Gasteiger partial charge >= 0.3 is 0 Å². The first-order valence-electron chi connectivity index (χ1n) is 5.78. The summed E-state index contributed by atoms with van der Waals surface area (Å²) in [5.74, 6) is 0.869. The Morgan fingerprint density at radius 2 is 2.28 bits per heavy atom. The van der Waals surface area contributed by atoms with E-state index in [-0.39, 0.29) is 11.3 Å². The molecule has 6 heteroatoms. The summed E-state index contributed by atoms with van der Waals surface area (Å²) in [4.78, 5) is 16.2. The SMILES string of the molecule is CC(C)(CCN)C1Oc2ccc(Br)nc2NC1=O. The number of nitrogens with zero attached hydrogens (tertiary/aromatic N) is 1. The average molecular weight is 314 g/mol. The zero-order valence-electron chi connectivity index (χ0n) is 10.4. The van der Waals surface area contributed by atoms with E-state index in [9.17, 15) is 4.79 Å². The van der Waals surface area contributed by atoms with E-state index in [1.165, 1.54) is 0 Å². The van der Waals surface area contributed by atoms with Gasteiger partial charge in [-0.2, -0.15) is 0 Å². The van der Waals surface area contributed by atoms with Crippen molar-refractivity contribution in [3.05, 3.63) is 16.7 Å². The van der Waals surface area contributed by atoms with Gasteiger partial charge in [-0.05, 0) is 41.0 Å². The Hall–Kier alpha value is -1.14. The van der Waals surface area contributed by atoms with Crippen molar-refractivity contribution in [3.8, 4) is 5.75 Å². The van der Waals surface area contributed by atoms with Crippen molar-refractivity contribution in [3.63, 3.8) is 0 Å². The van der Waals surface area contributed by atoms with Gasteiger partial charge in [0, 0.05) is 5.41 Å². The summed E-state index contributed by atoms with van der Waals surface area (Å²) >= 11 is 3.26. The van der Waals surface area contributed by atoms with Gasteiger partial charge in [-0.25, -0.2) is 4.98 Å². The lowest BCUT2D eigenvalue weighted by Crippen LogP contribution is -2.48. The second kappa shape index (κ2) is 4.85. The first-order valence-corrected chi connectivity index (χ1v) is 6.57. The van der Waals surface area contributed by atoms with E-state index in [1.54, 1.807) is 12.1 Å². The maximum Gasteiger partial charge on any atom is 0.267 e. The molecule has 18 heavy (non-hydrogen) atoms. The maximum atomic E-state index is 12.1. The molecule has 0 bridgehead atoms. The summed E-state index contributed by atoms with van der Waals surface area (Å²) < 4.78 is 6.42. The quantitative estimate of drug-likeness (QED) is 0.836. The van der Waals surface area contributed by atoms with Crippen LogP contribution in [0.1, 0.15) is 20.3 Å². The van der Waals surface area contributed by atoms with E-state index < -0.39 is 6.10 Å². The lowest BCUT2D eigenvalue weighted by molar-refractivity contribution is -0.129. The highest BCUT2D eigenvalue weighted by molar-refractivity contribution is 9.10. The number of aromatic nitrogens is 1. The fraction of sp³-hybridized carbons (Fsp3) is 0.500. The molecule has 98 valence electrons. The molecule has 0 radical (unpaired) electrons. The number of fused-ring (bicyclic) bond motifs is 1. The standard InChI is InChI=1S/C12H16BrN3O2/c1-12(2,5-6-14)9-11(17)16-10-7(18-9)3-4-8(13)15-10/h3-4,9H,5-6,14H2,1-2H3,(H,15,16,17). The van der Waals surface area contributed by atoms with Gasteiger partial charge in [0.1, 0.15) is 4.60 Å². The molecule has 1 amide bonds. The fourth-order valence-corrected chi connectivity index (χ4v) is 2.30. The van der Waals surface area contributed by atoms with Gasteiger partial charge in [0.05, 0.1) is 0 Å². The summed E-state index contributed by atoms with van der Waals surface area (Å²) in [5, 5.41) is 2.77. The van der Waals surface area contributed by atoms with Gasteiger partial charge in [-0.15, -0.1) is 0 Å².